The van der Waals surface area contributed by atoms with Gasteiger partial charge in [0.15, 0.2) is 17.3 Å². The molecule has 0 spiro atoms. The molecule has 3 aliphatic heterocycles. The molecular formula is C34H34BClF2N6O10. The fourth-order valence-corrected chi connectivity index (χ4v) is 7.07. The summed E-state index contributed by atoms with van der Waals surface area (Å²) in [5.41, 5.74) is 5.75. The van der Waals surface area contributed by atoms with Gasteiger partial charge < -0.3 is 51.2 Å². The van der Waals surface area contributed by atoms with Gasteiger partial charge in [-0.2, -0.15) is 0 Å². The average Bonchev–Trinajstić information content (AvgIpc) is 3.55. The van der Waals surface area contributed by atoms with Gasteiger partial charge in [0, 0.05) is 49.9 Å². The van der Waals surface area contributed by atoms with Gasteiger partial charge >= 0.3 is 25.1 Å². The smallest absolute Gasteiger partial charge is 0.534 e. The summed E-state index contributed by atoms with van der Waals surface area (Å²) >= 11 is 6.20. The van der Waals surface area contributed by atoms with Gasteiger partial charge in [-0.15, -0.1) is 0 Å². The standard InChI is InChI=1S/C34H34BClF2N6O10/c36-25-20(14-22(38)27(45)28(25)46)26(30(47)40-23-13-17-4-5-21(37)24(32(49)50)29(17)54-35(23)53)41-33(51)44-11-10-43(34(44)52)19-6-8-42(9-7-19)31(48)18-3-1-2-16(12-18)15-39/h1-5,12,14,19,23,26,45-46,53H,6-11,13,15,39H2,(H,40,47)(H,41,51)(H,49,50)/t23-,26+/m0/s1. The normalized spacial score (nSPS) is 17.9. The molecule has 0 aromatic heterocycles. The number of imide groups is 1. The van der Waals surface area contributed by atoms with E-state index in [1.807, 2.05) is 6.07 Å². The number of carboxylic acids is 1. The molecule has 0 saturated carbocycles. The van der Waals surface area contributed by atoms with Crippen molar-refractivity contribution < 1.29 is 57.8 Å². The summed E-state index contributed by atoms with van der Waals surface area (Å²) in [5, 5.41) is 44.3. The van der Waals surface area contributed by atoms with Crippen LogP contribution in [-0.4, -0.2) is 110 Å². The van der Waals surface area contributed by atoms with Gasteiger partial charge in [-0.3, -0.25) is 9.59 Å². The third-order valence-electron chi connectivity index (χ3n) is 9.68. The van der Waals surface area contributed by atoms with Crippen LogP contribution in [0.15, 0.2) is 42.5 Å². The molecule has 8 N–H and O–H groups in total. The number of likely N-dealkylation sites (tertiary alicyclic amines) is 1. The number of carbonyl (C=O) groups excluding carboxylic acids is 4. The molecular weight excluding hydrogens is 737 g/mol. The van der Waals surface area contributed by atoms with E-state index in [2.05, 4.69) is 10.6 Å². The van der Waals surface area contributed by atoms with Crippen LogP contribution >= 0.6 is 11.6 Å². The third kappa shape index (κ3) is 7.29. The summed E-state index contributed by atoms with van der Waals surface area (Å²) in [5.74, 6) is -9.67. The number of hydrogen-bond donors (Lipinski definition) is 7. The van der Waals surface area contributed by atoms with Gasteiger partial charge in [0.25, 0.3) is 5.91 Å². The number of piperidine rings is 1. The van der Waals surface area contributed by atoms with Crippen molar-refractivity contribution >= 4 is 48.6 Å². The Balaban J connectivity index is 1.16. The Morgan fingerprint density at radius 2 is 1.74 bits per heavy atom. The first kappa shape index (κ1) is 38.1. The average molecular weight is 771 g/mol. The van der Waals surface area contributed by atoms with Crippen molar-refractivity contribution in [2.75, 3.05) is 26.2 Å². The maximum atomic E-state index is 14.7. The highest BCUT2D eigenvalue weighted by molar-refractivity contribution is 6.47. The molecule has 3 aromatic carbocycles. The molecule has 0 unspecified atom stereocenters. The highest BCUT2D eigenvalue weighted by Gasteiger charge is 2.43. The highest BCUT2D eigenvalue weighted by atomic mass is 35.5. The fraction of sp³-hybridized carbons (Fsp3) is 0.324. The van der Waals surface area contributed by atoms with Gasteiger partial charge in [-0.05, 0) is 54.7 Å². The summed E-state index contributed by atoms with van der Waals surface area (Å²) in [6.07, 6.45) is 0.563. The summed E-state index contributed by atoms with van der Waals surface area (Å²) in [7, 11) is -1.93. The lowest BCUT2D eigenvalue weighted by Gasteiger charge is -2.36. The lowest BCUT2D eigenvalue weighted by Crippen LogP contribution is -2.56. The topological polar surface area (TPSA) is 235 Å². The number of carboxylic acid groups (broad SMARTS) is 1. The van der Waals surface area contributed by atoms with Gasteiger partial charge in [-0.25, -0.2) is 28.1 Å². The summed E-state index contributed by atoms with van der Waals surface area (Å²) in [4.78, 5) is 69.7. The van der Waals surface area contributed by atoms with Gasteiger partial charge in [0.1, 0.15) is 23.2 Å². The van der Waals surface area contributed by atoms with Crippen LogP contribution in [0.1, 0.15) is 56.3 Å². The van der Waals surface area contributed by atoms with Crippen molar-refractivity contribution in [1.29, 1.82) is 0 Å². The Labute approximate surface area is 311 Å². The van der Waals surface area contributed by atoms with E-state index in [-0.39, 0.29) is 43.6 Å². The first-order chi connectivity index (χ1) is 25.7. The second-order valence-electron chi connectivity index (χ2n) is 12.9. The molecule has 20 heteroatoms. The lowest BCUT2D eigenvalue weighted by atomic mass is 9.72. The zero-order valence-corrected chi connectivity index (χ0v) is 29.1. The molecule has 3 heterocycles. The molecule has 54 heavy (non-hydrogen) atoms. The number of urea groups is 2. The fourth-order valence-electron chi connectivity index (χ4n) is 6.82. The number of aromatic hydroxyl groups is 2. The van der Waals surface area contributed by atoms with E-state index in [1.54, 1.807) is 23.1 Å². The molecule has 284 valence electrons. The number of aromatic carboxylic acids is 1. The van der Waals surface area contributed by atoms with Crippen LogP contribution in [0.2, 0.25) is 5.02 Å². The molecule has 2 saturated heterocycles. The number of rotatable bonds is 8. The van der Waals surface area contributed by atoms with Crippen molar-refractivity contribution in [1.82, 2.24) is 25.3 Å². The number of benzene rings is 3. The number of fused-ring (bicyclic) bond motifs is 1. The zero-order chi connectivity index (χ0) is 39.0. The largest absolute Gasteiger partial charge is 0.547 e. The number of nitrogens with zero attached hydrogens (tertiary/aromatic N) is 3. The number of carbonyl (C=O) groups is 5. The van der Waals surface area contributed by atoms with Crippen molar-refractivity contribution in [3.63, 3.8) is 0 Å². The van der Waals surface area contributed by atoms with Crippen LogP contribution in [0.5, 0.6) is 17.2 Å². The Hall–Kier alpha value is -5.66. The Morgan fingerprint density at radius 1 is 1.02 bits per heavy atom. The van der Waals surface area contributed by atoms with Crippen molar-refractivity contribution in [2.24, 2.45) is 5.73 Å². The monoisotopic (exact) mass is 770 g/mol. The quantitative estimate of drug-likeness (QED) is 0.129. The third-order valence-corrected chi connectivity index (χ3v) is 10.1. The molecule has 3 aromatic rings. The predicted molar refractivity (Wildman–Crippen MR) is 186 cm³/mol. The maximum Gasteiger partial charge on any atom is 0.547 e. The highest BCUT2D eigenvalue weighted by Crippen LogP contribution is 2.41. The first-order valence-electron chi connectivity index (χ1n) is 16.8. The van der Waals surface area contributed by atoms with Crippen LogP contribution in [0.4, 0.5) is 18.4 Å². The van der Waals surface area contributed by atoms with E-state index in [0.29, 0.717) is 37.6 Å². The van der Waals surface area contributed by atoms with E-state index < -0.39 is 88.1 Å². The van der Waals surface area contributed by atoms with E-state index in [0.717, 1.165) is 16.5 Å². The van der Waals surface area contributed by atoms with Crippen molar-refractivity contribution in [3.05, 3.63) is 86.9 Å². The Kier molecular flexibility index (Phi) is 10.8. The molecule has 2 atom stereocenters. The second-order valence-corrected chi connectivity index (χ2v) is 13.3. The summed E-state index contributed by atoms with van der Waals surface area (Å²) in [6, 6.07) is 5.58. The number of phenolic OH excluding ortho intramolecular Hbond substituents is 2. The van der Waals surface area contributed by atoms with Crippen molar-refractivity contribution in [2.45, 2.75) is 43.8 Å². The zero-order valence-electron chi connectivity index (χ0n) is 28.3. The van der Waals surface area contributed by atoms with Crippen LogP contribution in [0.25, 0.3) is 0 Å². The SMILES string of the molecule is NCc1cccc(C(=O)N2CCC(N3CCN(C(=O)N[C@@H](C(=O)N[C@H]4Cc5ccc(F)c(C(=O)O)c5OB4O)c4cc(F)c(O)c(O)c4Cl)C3=O)CC2)c1. The molecule has 0 radical (unpaired) electrons. The minimum absolute atomic E-state index is 0.107. The molecule has 6 amide bonds. The van der Waals surface area contributed by atoms with E-state index >= 15 is 0 Å². The molecule has 2 fully saturated rings. The van der Waals surface area contributed by atoms with E-state index in [1.165, 1.54) is 11.0 Å². The minimum atomic E-state index is -1.95. The molecule has 0 bridgehead atoms. The van der Waals surface area contributed by atoms with Crippen molar-refractivity contribution in [3.8, 4) is 17.2 Å². The van der Waals surface area contributed by atoms with Gasteiger partial charge in [0.05, 0.1) is 11.0 Å². The summed E-state index contributed by atoms with van der Waals surface area (Å²) in [6.45, 7) is 0.985. The van der Waals surface area contributed by atoms with Gasteiger partial charge in [0.2, 0.25) is 5.91 Å². The van der Waals surface area contributed by atoms with Crippen LogP contribution in [0.3, 0.4) is 0 Å². The number of hydrogen-bond acceptors (Lipinski definition) is 10. The maximum absolute atomic E-state index is 14.7. The number of nitrogens with two attached hydrogens (primary N) is 1. The molecule has 16 nitrogen and oxygen atoms in total. The molecule has 0 aliphatic carbocycles. The van der Waals surface area contributed by atoms with Gasteiger partial charge in [-0.1, -0.05) is 29.8 Å². The lowest BCUT2D eigenvalue weighted by molar-refractivity contribution is -0.123. The van der Waals surface area contributed by atoms with E-state index in [4.69, 9.17) is 22.0 Å². The Bertz CT molecular complexity index is 2040. The van der Waals surface area contributed by atoms with Crippen LogP contribution in [-0.2, 0) is 17.8 Å². The first-order valence-corrected chi connectivity index (χ1v) is 17.1. The number of phenols is 2. The summed E-state index contributed by atoms with van der Waals surface area (Å²) < 4.78 is 34.2. The number of halogens is 3. The number of nitrogens with one attached hydrogen (secondary N) is 2. The molecule has 3 aliphatic rings. The predicted octanol–water partition coefficient (Wildman–Crippen LogP) is 2.12. The minimum Gasteiger partial charge on any atom is -0.534 e. The molecule has 6 rings (SSSR count). The Morgan fingerprint density at radius 3 is 2.43 bits per heavy atom. The number of amides is 6. The second kappa shape index (κ2) is 15.4. The van der Waals surface area contributed by atoms with Crippen LogP contribution in [0, 0.1) is 11.6 Å². The van der Waals surface area contributed by atoms with Crippen LogP contribution < -0.4 is 21.0 Å². The van der Waals surface area contributed by atoms with E-state index in [9.17, 15) is 53.1 Å².